The van der Waals surface area contributed by atoms with E-state index in [0.717, 1.165) is 50.4 Å². The van der Waals surface area contributed by atoms with Gasteiger partial charge in [-0.3, -0.25) is 9.69 Å². The van der Waals surface area contributed by atoms with Crippen LogP contribution in [-0.4, -0.2) is 61.0 Å². The van der Waals surface area contributed by atoms with Gasteiger partial charge in [0.1, 0.15) is 0 Å². The lowest BCUT2D eigenvalue weighted by Gasteiger charge is -2.38. The van der Waals surface area contributed by atoms with Crippen LogP contribution in [0.2, 0.25) is 0 Å². The molecule has 2 aliphatic heterocycles. The van der Waals surface area contributed by atoms with Crippen molar-refractivity contribution in [1.29, 1.82) is 0 Å². The lowest BCUT2D eigenvalue weighted by molar-refractivity contribution is 0.0583. The fraction of sp³-hybridized carbons (Fsp3) is 0.588. The zero-order valence-electron chi connectivity index (χ0n) is 13.1. The first-order chi connectivity index (χ1) is 10.1. The van der Waals surface area contributed by atoms with Gasteiger partial charge < -0.3 is 10.2 Å². The van der Waals surface area contributed by atoms with Crippen molar-refractivity contribution in [3.8, 4) is 0 Å². The van der Waals surface area contributed by atoms with Gasteiger partial charge in [0, 0.05) is 44.3 Å². The van der Waals surface area contributed by atoms with Gasteiger partial charge in [-0.15, -0.1) is 0 Å². The van der Waals surface area contributed by atoms with E-state index in [1.54, 1.807) is 0 Å². The second kappa shape index (κ2) is 6.16. The van der Waals surface area contributed by atoms with Crippen LogP contribution in [0.1, 0.15) is 27.9 Å². The second-order valence-corrected chi connectivity index (χ2v) is 6.29. The first-order valence-corrected chi connectivity index (χ1v) is 7.96. The summed E-state index contributed by atoms with van der Waals surface area (Å²) in [6.45, 7) is 10.0. The van der Waals surface area contributed by atoms with Gasteiger partial charge in [-0.2, -0.15) is 0 Å². The molecule has 3 rings (SSSR count). The number of carbonyl (C=O) groups is 1. The van der Waals surface area contributed by atoms with Crippen LogP contribution in [0.15, 0.2) is 18.2 Å². The molecule has 2 aliphatic rings. The molecule has 21 heavy (non-hydrogen) atoms. The first-order valence-electron chi connectivity index (χ1n) is 7.96. The third kappa shape index (κ3) is 3.11. The number of amides is 1. The summed E-state index contributed by atoms with van der Waals surface area (Å²) in [6.07, 6.45) is 1.24. The molecule has 4 nitrogen and oxygen atoms in total. The van der Waals surface area contributed by atoms with E-state index in [9.17, 15) is 4.79 Å². The highest BCUT2D eigenvalue weighted by Gasteiger charge is 2.28. The van der Waals surface area contributed by atoms with Crippen molar-refractivity contribution in [2.45, 2.75) is 26.3 Å². The summed E-state index contributed by atoms with van der Waals surface area (Å²) in [5.41, 5.74) is 3.15. The molecule has 4 heteroatoms. The fourth-order valence-electron chi connectivity index (χ4n) is 3.47. The molecule has 1 amide bonds. The lowest BCUT2D eigenvalue weighted by Crippen LogP contribution is -2.52. The number of nitrogens with zero attached hydrogens (tertiary/aromatic N) is 2. The molecule has 114 valence electrons. The molecule has 0 radical (unpaired) electrons. The van der Waals surface area contributed by atoms with Gasteiger partial charge >= 0.3 is 0 Å². The maximum absolute atomic E-state index is 12.7. The Bertz CT molecular complexity index is 515. The quantitative estimate of drug-likeness (QED) is 0.893. The van der Waals surface area contributed by atoms with E-state index >= 15 is 0 Å². The average Bonchev–Trinajstić information content (AvgIpc) is 3.01. The highest BCUT2D eigenvalue weighted by atomic mass is 16.2. The molecular formula is C17H25N3O. The highest BCUT2D eigenvalue weighted by molar-refractivity contribution is 5.95. The standard InChI is InChI=1S/C17H25N3O/c1-13-3-4-16(14(2)11-13)17(21)20-9-7-19(8-10-20)15-5-6-18-12-15/h3-4,11,15,18H,5-10,12H2,1-2H3. The minimum absolute atomic E-state index is 0.191. The first kappa shape index (κ1) is 14.5. The Kier molecular flexibility index (Phi) is 4.27. The Balaban J connectivity index is 1.62. The molecule has 0 bridgehead atoms. The molecule has 2 fully saturated rings. The minimum atomic E-state index is 0.191. The summed E-state index contributed by atoms with van der Waals surface area (Å²) >= 11 is 0. The molecule has 0 saturated carbocycles. The summed E-state index contributed by atoms with van der Waals surface area (Å²) in [7, 11) is 0. The summed E-state index contributed by atoms with van der Waals surface area (Å²) in [5, 5.41) is 3.42. The van der Waals surface area contributed by atoms with Gasteiger partial charge in [0.25, 0.3) is 5.91 Å². The van der Waals surface area contributed by atoms with Crippen LogP contribution in [0.4, 0.5) is 0 Å². The van der Waals surface area contributed by atoms with Crippen molar-refractivity contribution in [1.82, 2.24) is 15.1 Å². The van der Waals surface area contributed by atoms with Crippen LogP contribution in [0.5, 0.6) is 0 Å². The van der Waals surface area contributed by atoms with Crippen molar-refractivity contribution in [2.75, 3.05) is 39.3 Å². The predicted octanol–water partition coefficient (Wildman–Crippen LogP) is 1.42. The third-order valence-electron chi connectivity index (χ3n) is 4.76. The number of rotatable bonds is 2. The Labute approximate surface area is 127 Å². The summed E-state index contributed by atoms with van der Waals surface area (Å²) in [4.78, 5) is 17.2. The molecular weight excluding hydrogens is 262 g/mol. The van der Waals surface area contributed by atoms with E-state index in [0.29, 0.717) is 6.04 Å². The summed E-state index contributed by atoms with van der Waals surface area (Å²) in [6, 6.07) is 6.76. The van der Waals surface area contributed by atoms with Gasteiger partial charge in [0.2, 0.25) is 0 Å². The second-order valence-electron chi connectivity index (χ2n) is 6.29. The number of carbonyl (C=O) groups excluding carboxylic acids is 1. The number of aryl methyl sites for hydroxylation is 2. The molecule has 2 heterocycles. The van der Waals surface area contributed by atoms with Crippen molar-refractivity contribution in [2.24, 2.45) is 0 Å². The van der Waals surface area contributed by atoms with E-state index in [1.807, 2.05) is 24.0 Å². The smallest absolute Gasteiger partial charge is 0.254 e. The topological polar surface area (TPSA) is 35.6 Å². The molecule has 1 atom stereocenters. The molecule has 1 N–H and O–H groups in total. The van der Waals surface area contributed by atoms with Crippen LogP contribution in [0.3, 0.4) is 0 Å². The number of hydrogen-bond acceptors (Lipinski definition) is 3. The zero-order valence-corrected chi connectivity index (χ0v) is 13.1. The van der Waals surface area contributed by atoms with Crippen molar-refractivity contribution in [3.05, 3.63) is 34.9 Å². The highest BCUT2D eigenvalue weighted by Crippen LogP contribution is 2.17. The molecule has 1 unspecified atom stereocenters. The maximum atomic E-state index is 12.7. The molecule has 0 aliphatic carbocycles. The zero-order chi connectivity index (χ0) is 14.8. The SMILES string of the molecule is Cc1ccc(C(=O)N2CCN(C3CCNC3)CC2)c(C)c1. The number of hydrogen-bond donors (Lipinski definition) is 1. The molecule has 2 saturated heterocycles. The predicted molar refractivity (Wildman–Crippen MR) is 84.7 cm³/mol. The van der Waals surface area contributed by atoms with Crippen LogP contribution in [0, 0.1) is 13.8 Å². The van der Waals surface area contributed by atoms with Crippen LogP contribution >= 0.6 is 0 Å². The van der Waals surface area contributed by atoms with Crippen molar-refractivity contribution < 1.29 is 4.79 Å². The summed E-state index contributed by atoms with van der Waals surface area (Å²) in [5.74, 6) is 0.191. The van der Waals surface area contributed by atoms with E-state index in [4.69, 9.17) is 0 Å². The Morgan fingerprint density at radius 2 is 1.95 bits per heavy atom. The average molecular weight is 287 g/mol. The fourth-order valence-corrected chi connectivity index (χ4v) is 3.47. The Morgan fingerprint density at radius 3 is 2.57 bits per heavy atom. The van der Waals surface area contributed by atoms with Gasteiger partial charge in [-0.25, -0.2) is 0 Å². The van der Waals surface area contributed by atoms with Crippen LogP contribution < -0.4 is 5.32 Å². The van der Waals surface area contributed by atoms with Crippen molar-refractivity contribution in [3.63, 3.8) is 0 Å². The van der Waals surface area contributed by atoms with E-state index in [-0.39, 0.29) is 5.91 Å². The van der Waals surface area contributed by atoms with Gasteiger partial charge in [0.05, 0.1) is 0 Å². The lowest BCUT2D eigenvalue weighted by atomic mass is 10.0. The number of nitrogens with one attached hydrogen (secondary N) is 1. The normalized spacial score (nSPS) is 23.5. The van der Waals surface area contributed by atoms with E-state index in [2.05, 4.69) is 23.2 Å². The molecule has 0 spiro atoms. The van der Waals surface area contributed by atoms with Gasteiger partial charge in [-0.1, -0.05) is 17.7 Å². The monoisotopic (exact) mass is 287 g/mol. The van der Waals surface area contributed by atoms with Gasteiger partial charge in [0.15, 0.2) is 0 Å². The van der Waals surface area contributed by atoms with Crippen molar-refractivity contribution >= 4 is 5.91 Å². The summed E-state index contributed by atoms with van der Waals surface area (Å²) < 4.78 is 0. The number of piperazine rings is 1. The third-order valence-corrected chi connectivity index (χ3v) is 4.76. The molecule has 1 aromatic carbocycles. The largest absolute Gasteiger partial charge is 0.336 e. The van der Waals surface area contributed by atoms with E-state index in [1.165, 1.54) is 12.0 Å². The Morgan fingerprint density at radius 1 is 1.19 bits per heavy atom. The number of benzene rings is 1. The van der Waals surface area contributed by atoms with Gasteiger partial charge in [-0.05, 0) is 38.4 Å². The van der Waals surface area contributed by atoms with Crippen LogP contribution in [-0.2, 0) is 0 Å². The van der Waals surface area contributed by atoms with E-state index < -0.39 is 0 Å². The molecule has 1 aromatic rings. The Hall–Kier alpha value is -1.39. The molecule has 0 aromatic heterocycles. The maximum Gasteiger partial charge on any atom is 0.254 e. The minimum Gasteiger partial charge on any atom is -0.336 e. The van der Waals surface area contributed by atoms with Crippen LogP contribution in [0.25, 0.3) is 0 Å².